The summed E-state index contributed by atoms with van der Waals surface area (Å²) in [5.41, 5.74) is 0. The molecule has 2 unspecified atom stereocenters. The van der Waals surface area contributed by atoms with Crippen molar-refractivity contribution >= 4 is 5.84 Å². The van der Waals surface area contributed by atoms with Crippen LogP contribution in [0.4, 0.5) is 0 Å². The molecule has 2 aliphatic rings. The Morgan fingerprint density at radius 1 is 1.70 bits per heavy atom. The predicted molar refractivity (Wildman–Crippen MR) is 39.3 cm³/mol. The molecule has 0 spiro atoms. The maximum absolute atomic E-state index is 5.28. The molecule has 2 atom stereocenters. The average Bonchev–Trinajstić information content (AvgIpc) is 2.27. The van der Waals surface area contributed by atoms with Crippen LogP contribution < -0.4 is 5.32 Å². The lowest BCUT2D eigenvalue weighted by Crippen LogP contribution is -2.40. The maximum Gasteiger partial charge on any atom is 0.0954 e. The van der Waals surface area contributed by atoms with Gasteiger partial charge in [0.2, 0.25) is 0 Å². The molecule has 2 aliphatic heterocycles. The first-order valence-electron chi connectivity index (χ1n) is 3.75. The third kappa shape index (κ3) is 0.904. The van der Waals surface area contributed by atoms with Gasteiger partial charge in [-0.25, -0.2) is 0 Å². The highest BCUT2D eigenvalue weighted by molar-refractivity contribution is 5.81. The van der Waals surface area contributed by atoms with Crippen molar-refractivity contribution in [1.29, 1.82) is 0 Å². The van der Waals surface area contributed by atoms with Gasteiger partial charge in [0.15, 0.2) is 0 Å². The molecule has 1 saturated heterocycles. The van der Waals surface area contributed by atoms with E-state index in [-0.39, 0.29) is 0 Å². The van der Waals surface area contributed by atoms with E-state index in [2.05, 4.69) is 10.3 Å². The Morgan fingerprint density at radius 3 is 3.40 bits per heavy atom. The van der Waals surface area contributed by atoms with Crippen molar-refractivity contribution in [2.45, 2.75) is 25.4 Å². The summed E-state index contributed by atoms with van der Waals surface area (Å²) >= 11 is 0. The molecule has 0 aromatic carbocycles. The van der Waals surface area contributed by atoms with E-state index < -0.39 is 0 Å². The molecule has 3 nitrogen and oxygen atoms in total. The number of amidine groups is 1. The molecule has 3 heteroatoms. The third-order valence-electron chi connectivity index (χ3n) is 2.08. The van der Waals surface area contributed by atoms with Gasteiger partial charge in [0.05, 0.1) is 24.5 Å². The zero-order valence-corrected chi connectivity index (χ0v) is 6.13. The quantitative estimate of drug-likeness (QED) is 0.520. The fourth-order valence-electron chi connectivity index (χ4n) is 1.57. The maximum atomic E-state index is 5.28. The van der Waals surface area contributed by atoms with E-state index in [0.29, 0.717) is 12.1 Å². The summed E-state index contributed by atoms with van der Waals surface area (Å²) in [6, 6.07) is 0.961. The molecular formula is C7H12N2O. The summed E-state index contributed by atoms with van der Waals surface area (Å²) < 4.78 is 5.28. The molecule has 2 rings (SSSR count). The third-order valence-corrected chi connectivity index (χ3v) is 2.08. The van der Waals surface area contributed by atoms with Gasteiger partial charge in [-0.15, -0.1) is 0 Å². The smallest absolute Gasteiger partial charge is 0.0954 e. The molecule has 0 aliphatic carbocycles. The fourth-order valence-corrected chi connectivity index (χ4v) is 1.57. The van der Waals surface area contributed by atoms with E-state index in [1.807, 2.05) is 6.92 Å². The summed E-state index contributed by atoms with van der Waals surface area (Å²) in [4.78, 5) is 4.39. The van der Waals surface area contributed by atoms with Crippen LogP contribution in [0.5, 0.6) is 0 Å². The van der Waals surface area contributed by atoms with Gasteiger partial charge in [-0.3, -0.25) is 4.99 Å². The fraction of sp³-hybridized carbons (Fsp3) is 0.857. The van der Waals surface area contributed by atoms with Crippen molar-refractivity contribution in [3.8, 4) is 0 Å². The highest BCUT2D eigenvalue weighted by atomic mass is 16.5. The van der Waals surface area contributed by atoms with Crippen molar-refractivity contribution in [2.75, 3.05) is 13.2 Å². The minimum absolute atomic E-state index is 0.397. The van der Waals surface area contributed by atoms with Gasteiger partial charge in [-0.05, 0) is 13.3 Å². The van der Waals surface area contributed by atoms with Crippen LogP contribution in [0.25, 0.3) is 0 Å². The van der Waals surface area contributed by atoms with E-state index in [4.69, 9.17) is 4.74 Å². The molecule has 56 valence electrons. The van der Waals surface area contributed by atoms with Crippen molar-refractivity contribution in [3.63, 3.8) is 0 Å². The van der Waals surface area contributed by atoms with Crippen LogP contribution in [-0.4, -0.2) is 31.1 Å². The molecule has 1 N–H and O–H groups in total. The van der Waals surface area contributed by atoms with Crippen molar-refractivity contribution in [1.82, 2.24) is 5.32 Å². The number of ether oxygens (including phenoxy) is 1. The van der Waals surface area contributed by atoms with Gasteiger partial charge in [0.25, 0.3) is 0 Å². The molecule has 0 aromatic rings. The highest BCUT2D eigenvalue weighted by Crippen LogP contribution is 2.15. The first kappa shape index (κ1) is 6.16. The lowest BCUT2D eigenvalue weighted by molar-refractivity contribution is 0.0721. The van der Waals surface area contributed by atoms with Crippen LogP contribution in [-0.2, 0) is 4.74 Å². The Morgan fingerprint density at radius 2 is 2.60 bits per heavy atom. The minimum atomic E-state index is 0.397. The number of nitrogens with zero attached hydrogens (tertiary/aromatic N) is 1. The minimum Gasteiger partial charge on any atom is -0.379 e. The monoisotopic (exact) mass is 140 g/mol. The lowest BCUT2D eigenvalue weighted by Gasteiger charge is -2.23. The van der Waals surface area contributed by atoms with E-state index in [1.54, 1.807) is 0 Å². The molecule has 10 heavy (non-hydrogen) atoms. The largest absolute Gasteiger partial charge is 0.379 e. The Kier molecular flexibility index (Phi) is 1.38. The number of fused-ring (bicyclic) bond motifs is 1. The zero-order valence-electron chi connectivity index (χ0n) is 6.13. The second-order valence-electron chi connectivity index (χ2n) is 2.90. The first-order chi connectivity index (χ1) is 4.86. The van der Waals surface area contributed by atoms with Gasteiger partial charge >= 0.3 is 0 Å². The van der Waals surface area contributed by atoms with E-state index in [0.717, 1.165) is 25.5 Å². The van der Waals surface area contributed by atoms with Crippen molar-refractivity contribution < 1.29 is 4.74 Å². The van der Waals surface area contributed by atoms with Crippen LogP contribution in [0, 0.1) is 0 Å². The van der Waals surface area contributed by atoms with Crippen molar-refractivity contribution in [3.05, 3.63) is 0 Å². The summed E-state index contributed by atoms with van der Waals surface area (Å²) in [5.74, 6) is 1.07. The molecule has 0 saturated carbocycles. The average molecular weight is 140 g/mol. The van der Waals surface area contributed by atoms with Gasteiger partial charge in [0, 0.05) is 6.61 Å². The van der Waals surface area contributed by atoms with Crippen LogP contribution >= 0.6 is 0 Å². The molecular weight excluding hydrogens is 128 g/mol. The molecule has 0 radical (unpaired) electrons. The molecule has 0 amide bonds. The van der Waals surface area contributed by atoms with Gasteiger partial charge in [-0.1, -0.05) is 0 Å². The Bertz CT molecular complexity index is 167. The second kappa shape index (κ2) is 2.23. The Balaban J connectivity index is 2.06. The molecule has 0 bridgehead atoms. The lowest BCUT2D eigenvalue weighted by atomic mass is 10.1. The molecule has 1 fully saturated rings. The van der Waals surface area contributed by atoms with Crippen LogP contribution in [0.15, 0.2) is 4.99 Å². The van der Waals surface area contributed by atoms with Crippen LogP contribution in [0.1, 0.15) is 13.3 Å². The summed E-state index contributed by atoms with van der Waals surface area (Å²) in [6.07, 6.45) is 1.10. The summed E-state index contributed by atoms with van der Waals surface area (Å²) in [7, 11) is 0. The van der Waals surface area contributed by atoms with Gasteiger partial charge in [0.1, 0.15) is 0 Å². The normalized spacial score (nSPS) is 38.3. The van der Waals surface area contributed by atoms with E-state index in [9.17, 15) is 0 Å². The summed E-state index contributed by atoms with van der Waals surface area (Å²) in [6.45, 7) is 3.70. The number of nitrogens with one attached hydrogen (secondary N) is 1. The Labute approximate surface area is 60.5 Å². The topological polar surface area (TPSA) is 33.6 Å². The first-order valence-corrected chi connectivity index (χ1v) is 3.75. The molecule has 0 aromatic heterocycles. The van der Waals surface area contributed by atoms with Crippen molar-refractivity contribution in [2.24, 2.45) is 4.99 Å². The van der Waals surface area contributed by atoms with Crippen LogP contribution in [0.3, 0.4) is 0 Å². The van der Waals surface area contributed by atoms with E-state index >= 15 is 0 Å². The zero-order chi connectivity index (χ0) is 6.97. The number of aliphatic imine (C=N–C) groups is 1. The number of hydrogen-bond acceptors (Lipinski definition) is 3. The standard InChI is InChI=1S/C7H12N2O/c1-5-8-6-2-3-10-4-7(6)9-5/h6-7H,2-4H2,1H3,(H,8,9). The number of hydrogen-bond donors (Lipinski definition) is 1. The SMILES string of the molecule is CC1=NC2COCCC2N1. The van der Waals surface area contributed by atoms with Gasteiger partial charge < -0.3 is 10.1 Å². The second-order valence-corrected chi connectivity index (χ2v) is 2.90. The Hall–Kier alpha value is -0.570. The molecule has 2 heterocycles. The van der Waals surface area contributed by atoms with Gasteiger partial charge in [-0.2, -0.15) is 0 Å². The number of rotatable bonds is 0. The van der Waals surface area contributed by atoms with E-state index in [1.165, 1.54) is 0 Å². The summed E-state index contributed by atoms with van der Waals surface area (Å²) in [5, 5.41) is 3.33. The predicted octanol–water partition coefficient (Wildman–Crippen LogP) is 0.166. The highest BCUT2D eigenvalue weighted by Gasteiger charge is 2.29. The van der Waals surface area contributed by atoms with Crippen LogP contribution in [0.2, 0.25) is 0 Å².